The van der Waals surface area contributed by atoms with Crippen molar-refractivity contribution in [2.24, 2.45) is 0 Å². The molecular weight excluding hydrogens is 336 g/mol. The summed E-state index contributed by atoms with van der Waals surface area (Å²) in [6, 6.07) is 9.20. The molecule has 2 heterocycles. The van der Waals surface area contributed by atoms with Gasteiger partial charge in [0, 0.05) is 6.42 Å². The van der Waals surface area contributed by atoms with E-state index in [-0.39, 0.29) is 12.0 Å². The molecule has 2 N–H and O–H groups in total. The highest BCUT2D eigenvalue weighted by atomic mass is 16.7. The van der Waals surface area contributed by atoms with Gasteiger partial charge in [-0.05, 0) is 26.3 Å². The van der Waals surface area contributed by atoms with Crippen molar-refractivity contribution in [2.45, 2.75) is 44.9 Å². The summed E-state index contributed by atoms with van der Waals surface area (Å²) in [5.74, 6) is -0.257. The number of amides is 1. The second-order valence-corrected chi connectivity index (χ2v) is 7.07. The number of benzene rings is 1. The number of aromatic nitrogens is 2. The Balaban J connectivity index is 1.57. The Morgan fingerprint density at radius 2 is 2.04 bits per heavy atom. The lowest BCUT2D eigenvalue weighted by Crippen LogP contribution is -2.34. The van der Waals surface area contributed by atoms with E-state index in [0.717, 1.165) is 10.2 Å². The molecule has 0 saturated carbocycles. The third kappa shape index (κ3) is 4.47. The normalized spacial score (nSPS) is 20.0. The van der Waals surface area contributed by atoms with E-state index in [1.165, 1.54) is 12.4 Å². The van der Waals surface area contributed by atoms with E-state index in [0.29, 0.717) is 12.1 Å². The van der Waals surface area contributed by atoms with Crippen LogP contribution in [0, 0.1) is 0 Å². The third-order valence-corrected chi connectivity index (χ3v) is 3.72. The van der Waals surface area contributed by atoms with Gasteiger partial charge >= 0.3 is 6.09 Å². The molecule has 1 aliphatic heterocycles. The molecule has 3 rings (SSSR count). The van der Waals surface area contributed by atoms with Gasteiger partial charge in [-0.3, -0.25) is 9.63 Å². The van der Waals surface area contributed by atoms with Crippen LogP contribution < -0.4 is 10.8 Å². The number of carbonyl (C=O) groups excluding carboxylic acids is 2. The van der Waals surface area contributed by atoms with E-state index in [4.69, 9.17) is 9.57 Å². The Morgan fingerprint density at radius 1 is 1.31 bits per heavy atom. The minimum absolute atomic E-state index is 0.184. The fraction of sp³-hybridized carbons (Fsp3) is 0.389. The monoisotopic (exact) mass is 358 g/mol. The number of rotatable bonds is 3. The summed E-state index contributed by atoms with van der Waals surface area (Å²) in [4.78, 5) is 29.8. The van der Waals surface area contributed by atoms with Gasteiger partial charge in [0.1, 0.15) is 17.7 Å². The number of carbonyl (C=O) groups is 2. The Bertz CT molecular complexity index is 782. The predicted molar refractivity (Wildman–Crippen MR) is 94.3 cm³/mol. The summed E-state index contributed by atoms with van der Waals surface area (Å²) in [5, 5.41) is 6.64. The fourth-order valence-electron chi connectivity index (χ4n) is 2.53. The van der Waals surface area contributed by atoms with Crippen LogP contribution in [0.25, 0.3) is 0 Å². The summed E-state index contributed by atoms with van der Waals surface area (Å²) in [5.41, 5.74) is 3.55. The lowest BCUT2D eigenvalue weighted by atomic mass is 10.0. The van der Waals surface area contributed by atoms with Gasteiger partial charge in [0.25, 0.3) is 0 Å². The maximum Gasteiger partial charge on any atom is 0.435 e. The van der Waals surface area contributed by atoms with Crippen molar-refractivity contribution in [3.8, 4) is 0 Å². The smallest absolute Gasteiger partial charge is 0.435 e. The fourth-order valence-corrected chi connectivity index (χ4v) is 2.53. The van der Waals surface area contributed by atoms with Gasteiger partial charge < -0.3 is 10.1 Å². The average Bonchev–Trinajstić information content (AvgIpc) is 3.23. The van der Waals surface area contributed by atoms with Crippen molar-refractivity contribution in [3.05, 3.63) is 48.3 Å². The van der Waals surface area contributed by atoms with E-state index in [1.807, 2.05) is 30.3 Å². The Morgan fingerprint density at radius 3 is 2.73 bits per heavy atom. The van der Waals surface area contributed by atoms with Gasteiger partial charge in [0.15, 0.2) is 0 Å². The summed E-state index contributed by atoms with van der Waals surface area (Å²) in [7, 11) is 0. The number of nitrogens with one attached hydrogen (secondary N) is 2. The molecule has 1 aliphatic rings. The molecule has 8 heteroatoms. The van der Waals surface area contributed by atoms with Crippen LogP contribution in [0.4, 0.5) is 10.5 Å². The van der Waals surface area contributed by atoms with E-state index >= 15 is 0 Å². The van der Waals surface area contributed by atoms with Gasteiger partial charge in [0.05, 0.1) is 18.1 Å². The predicted octanol–water partition coefficient (Wildman–Crippen LogP) is 2.64. The van der Waals surface area contributed by atoms with E-state index in [2.05, 4.69) is 15.9 Å². The molecule has 0 spiro atoms. The van der Waals surface area contributed by atoms with E-state index < -0.39 is 17.7 Å². The first-order valence-electron chi connectivity index (χ1n) is 8.37. The van der Waals surface area contributed by atoms with Crippen LogP contribution in [0.1, 0.15) is 38.9 Å². The van der Waals surface area contributed by atoms with Crippen LogP contribution in [-0.2, 0) is 14.4 Å². The largest absolute Gasteiger partial charge is 0.442 e. The molecule has 1 saturated heterocycles. The number of ether oxygens (including phenoxy) is 1. The van der Waals surface area contributed by atoms with Crippen LogP contribution >= 0.6 is 0 Å². The zero-order valence-electron chi connectivity index (χ0n) is 14.9. The zero-order valence-corrected chi connectivity index (χ0v) is 14.9. The first kappa shape index (κ1) is 18.1. The Kier molecular flexibility index (Phi) is 5.06. The van der Waals surface area contributed by atoms with Crippen LogP contribution in [0.5, 0.6) is 0 Å². The quantitative estimate of drug-likeness (QED) is 0.876. The molecule has 1 aromatic carbocycles. The molecule has 0 bridgehead atoms. The van der Waals surface area contributed by atoms with Crippen LogP contribution in [0.3, 0.4) is 0 Å². The van der Waals surface area contributed by atoms with Crippen molar-refractivity contribution in [1.29, 1.82) is 0 Å². The summed E-state index contributed by atoms with van der Waals surface area (Å²) in [6.45, 7) is 5.31. The SMILES string of the molecule is CC(C)(C)OC(=O)n1cc(NC(=O)C2CC(c3ccccc3)ON2)cn1. The summed E-state index contributed by atoms with van der Waals surface area (Å²) >= 11 is 0. The molecule has 8 nitrogen and oxygen atoms in total. The highest BCUT2D eigenvalue weighted by Gasteiger charge is 2.32. The highest BCUT2D eigenvalue weighted by Crippen LogP contribution is 2.27. The second kappa shape index (κ2) is 7.27. The van der Waals surface area contributed by atoms with Crippen LogP contribution in [-0.4, -0.2) is 33.4 Å². The Labute approximate surface area is 151 Å². The molecule has 26 heavy (non-hydrogen) atoms. The molecule has 1 amide bonds. The molecule has 0 radical (unpaired) electrons. The molecule has 138 valence electrons. The highest BCUT2D eigenvalue weighted by molar-refractivity contribution is 5.95. The van der Waals surface area contributed by atoms with Gasteiger partial charge in [-0.1, -0.05) is 30.3 Å². The van der Waals surface area contributed by atoms with Crippen molar-refractivity contribution >= 4 is 17.7 Å². The average molecular weight is 358 g/mol. The third-order valence-electron chi connectivity index (χ3n) is 3.72. The molecule has 0 aliphatic carbocycles. The van der Waals surface area contributed by atoms with E-state index in [1.54, 1.807) is 20.8 Å². The van der Waals surface area contributed by atoms with Gasteiger partial charge in [-0.15, -0.1) is 0 Å². The van der Waals surface area contributed by atoms with E-state index in [9.17, 15) is 9.59 Å². The van der Waals surface area contributed by atoms with Gasteiger partial charge in [0.2, 0.25) is 5.91 Å². The molecular formula is C18H22N4O4. The van der Waals surface area contributed by atoms with Crippen molar-refractivity contribution < 1.29 is 19.2 Å². The van der Waals surface area contributed by atoms with Crippen molar-refractivity contribution in [1.82, 2.24) is 15.3 Å². The first-order valence-corrected chi connectivity index (χ1v) is 8.37. The number of anilines is 1. The van der Waals surface area contributed by atoms with Gasteiger partial charge in [-0.25, -0.2) is 4.79 Å². The minimum atomic E-state index is -0.621. The lowest BCUT2D eigenvalue weighted by molar-refractivity contribution is -0.119. The standard InChI is InChI=1S/C18H22N4O4/c1-18(2,3)25-17(24)22-11-13(10-19-22)20-16(23)14-9-15(26-21-14)12-7-5-4-6-8-12/h4-8,10-11,14-15,21H,9H2,1-3H3,(H,20,23). The number of hydrogen-bond donors (Lipinski definition) is 2. The van der Waals surface area contributed by atoms with Crippen LogP contribution in [0.2, 0.25) is 0 Å². The molecule has 1 fully saturated rings. The molecule has 2 unspecified atom stereocenters. The zero-order chi connectivity index (χ0) is 18.7. The van der Waals surface area contributed by atoms with Gasteiger partial charge in [-0.2, -0.15) is 15.3 Å². The molecule has 1 aromatic heterocycles. The maximum atomic E-state index is 12.4. The molecule has 2 atom stereocenters. The second-order valence-electron chi connectivity index (χ2n) is 7.07. The van der Waals surface area contributed by atoms with Crippen LogP contribution in [0.15, 0.2) is 42.7 Å². The maximum absolute atomic E-state index is 12.4. The summed E-state index contributed by atoms with van der Waals surface area (Å²) in [6.07, 6.45) is 2.53. The first-order chi connectivity index (χ1) is 12.3. The minimum Gasteiger partial charge on any atom is -0.442 e. The van der Waals surface area contributed by atoms with Crippen molar-refractivity contribution in [2.75, 3.05) is 5.32 Å². The summed E-state index contributed by atoms with van der Waals surface area (Å²) < 4.78 is 6.27. The lowest BCUT2D eigenvalue weighted by Gasteiger charge is -2.18. The number of hydrogen-bond acceptors (Lipinski definition) is 6. The number of nitrogens with zero attached hydrogens (tertiary/aromatic N) is 2. The number of hydroxylamine groups is 1. The Hall–Kier alpha value is -2.71. The topological polar surface area (TPSA) is 94.5 Å². The van der Waals surface area contributed by atoms with Crippen molar-refractivity contribution in [3.63, 3.8) is 0 Å². The molecule has 2 aromatic rings.